The zero-order chi connectivity index (χ0) is 39.4. The maximum atomic E-state index is 12.9. The van der Waals surface area contributed by atoms with Crippen molar-refractivity contribution in [3.05, 3.63) is 66.7 Å². The van der Waals surface area contributed by atoms with Crippen LogP contribution in [0, 0.1) is 0 Å². The third-order valence-corrected chi connectivity index (χ3v) is 7.50. The van der Waals surface area contributed by atoms with Crippen LogP contribution in [0.4, 0.5) is 25.1 Å². The quantitative estimate of drug-likeness (QED) is 0.135. The second kappa shape index (κ2) is 19.5. The number of carboxylic acids is 1. The van der Waals surface area contributed by atoms with E-state index in [1.165, 1.54) is 18.8 Å². The third-order valence-electron chi connectivity index (χ3n) is 5.91. The van der Waals surface area contributed by atoms with E-state index >= 15 is 0 Å². The molecule has 0 amide bonds. The minimum absolute atomic E-state index is 0.0104. The summed E-state index contributed by atoms with van der Waals surface area (Å²) < 4.78 is 55.2. The normalized spacial score (nSPS) is 12.9. The first kappa shape index (κ1) is 45.0. The molecule has 3 aromatic rings. The number of nitrogens with one attached hydrogen (secondary N) is 2. The van der Waals surface area contributed by atoms with Gasteiger partial charge in [0.05, 0.1) is 22.4 Å². The first-order valence-electron chi connectivity index (χ1n) is 15.0. The van der Waals surface area contributed by atoms with E-state index in [2.05, 4.69) is 25.6 Å². The molecule has 1 aromatic carbocycles. The molecule has 16 nitrogen and oxygen atoms in total. The molecule has 51 heavy (non-hydrogen) atoms. The van der Waals surface area contributed by atoms with Gasteiger partial charge in [0, 0.05) is 38.5 Å². The first-order chi connectivity index (χ1) is 23.4. The average Bonchev–Trinajstić information content (AvgIpc) is 2.97. The molecule has 0 aliphatic rings. The van der Waals surface area contributed by atoms with Crippen molar-refractivity contribution in [2.45, 2.75) is 65.4 Å². The molecular formula is C29H40Cl2F3N8O8P. The number of halogens is 5. The molecule has 0 bridgehead atoms. The van der Waals surface area contributed by atoms with Crippen LogP contribution in [0.5, 0.6) is 0 Å². The van der Waals surface area contributed by atoms with Crippen molar-refractivity contribution in [2.24, 2.45) is 12.8 Å². The summed E-state index contributed by atoms with van der Waals surface area (Å²) in [6.07, 6.45) is -5.30. The summed E-state index contributed by atoms with van der Waals surface area (Å²) >= 11 is 11.7. The fourth-order valence-corrected chi connectivity index (χ4v) is 4.75. The van der Waals surface area contributed by atoms with Gasteiger partial charge in [0.1, 0.15) is 11.7 Å². The summed E-state index contributed by atoms with van der Waals surface area (Å²) in [6.45, 7) is 11.1. The van der Waals surface area contributed by atoms with Crippen molar-refractivity contribution in [3.8, 4) is 5.69 Å². The average molecular weight is 788 g/mol. The van der Waals surface area contributed by atoms with E-state index in [0.717, 1.165) is 19.7 Å². The van der Waals surface area contributed by atoms with Crippen LogP contribution in [0.1, 0.15) is 57.1 Å². The van der Waals surface area contributed by atoms with E-state index in [9.17, 15) is 36.9 Å². The summed E-state index contributed by atoms with van der Waals surface area (Å²) in [5.74, 6) is -0.936. The number of aliphatic carboxylic acids is 1. The third kappa shape index (κ3) is 15.4. The Hall–Kier alpha value is -4.03. The van der Waals surface area contributed by atoms with E-state index < -0.39 is 54.6 Å². The second-order valence-electron chi connectivity index (χ2n) is 11.2. The van der Waals surface area contributed by atoms with Gasteiger partial charge in [0.25, 0.3) is 5.56 Å². The molecule has 284 valence electrons. The van der Waals surface area contributed by atoms with Crippen LogP contribution in [0.15, 0.2) is 33.9 Å². The number of rotatable bonds is 11. The molecule has 2 atom stereocenters. The Labute approximate surface area is 300 Å². The smallest absolute Gasteiger partial charge is 0.431 e. The van der Waals surface area contributed by atoms with Crippen molar-refractivity contribution in [1.29, 1.82) is 0 Å². The molecule has 0 fully saturated rings. The number of aromatic nitrogens is 5. The fourth-order valence-electron chi connectivity index (χ4n) is 3.63. The molecule has 0 spiro atoms. The van der Waals surface area contributed by atoms with E-state index in [4.69, 9.17) is 43.7 Å². The van der Waals surface area contributed by atoms with Gasteiger partial charge < -0.3 is 31.1 Å². The van der Waals surface area contributed by atoms with E-state index in [1.807, 2.05) is 20.8 Å². The van der Waals surface area contributed by atoms with E-state index in [0.29, 0.717) is 27.1 Å². The lowest BCUT2D eigenvalue weighted by Crippen LogP contribution is -2.40. The Morgan fingerprint density at radius 2 is 1.67 bits per heavy atom. The number of benzene rings is 1. The van der Waals surface area contributed by atoms with Crippen LogP contribution in [-0.4, -0.2) is 83.6 Å². The van der Waals surface area contributed by atoms with E-state index in [1.54, 1.807) is 13.8 Å². The Kier molecular flexibility index (Phi) is 17.2. The lowest BCUT2D eigenvalue weighted by Gasteiger charge is -2.15. The van der Waals surface area contributed by atoms with Gasteiger partial charge in [-0.3, -0.25) is 18.7 Å². The molecule has 0 aliphatic heterocycles. The highest BCUT2D eigenvalue weighted by Gasteiger charge is 2.35. The number of nitrogens with zero attached hydrogens (tertiary/aromatic N) is 5. The molecular weight excluding hydrogens is 747 g/mol. The van der Waals surface area contributed by atoms with Crippen molar-refractivity contribution in [3.63, 3.8) is 0 Å². The number of carboxylic acid groups (broad SMARTS) is 1. The predicted octanol–water partition coefficient (Wildman–Crippen LogP) is 4.24. The van der Waals surface area contributed by atoms with Crippen LogP contribution >= 0.6 is 30.6 Å². The Bertz CT molecular complexity index is 1830. The number of nitrogens with two attached hydrogens (primary N) is 1. The summed E-state index contributed by atoms with van der Waals surface area (Å²) in [4.78, 5) is 67.3. The number of hydrogen-bond acceptors (Lipinski definition) is 12. The highest BCUT2D eigenvalue weighted by atomic mass is 35.5. The van der Waals surface area contributed by atoms with Gasteiger partial charge in [0.15, 0.2) is 7.37 Å². The minimum atomic E-state index is -4.86. The summed E-state index contributed by atoms with van der Waals surface area (Å²) in [5, 5.41) is 14.5. The summed E-state index contributed by atoms with van der Waals surface area (Å²) in [5.41, 5.74) is 1.09. The SMILES string of the molecule is CC(C)OC(=O)c1cc(-n2c(=O)cc(C(F)(F)F)n(C)c2=O)ccc1Cl.CCNc1nc(Cl)nc(NC(C)C)n1.CP(=O)(O)CCC(N)C(=O)O. The summed E-state index contributed by atoms with van der Waals surface area (Å²) in [6, 6.07) is 3.14. The molecule has 3 rings (SSSR count). The van der Waals surface area contributed by atoms with Crippen LogP contribution in [0.25, 0.3) is 5.69 Å². The van der Waals surface area contributed by atoms with Crippen molar-refractivity contribution in [1.82, 2.24) is 24.1 Å². The molecule has 0 radical (unpaired) electrons. The molecule has 2 aromatic heterocycles. The molecule has 2 heterocycles. The predicted molar refractivity (Wildman–Crippen MR) is 186 cm³/mol. The highest BCUT2D eigenvalue weighted by molar-refractivity contribution is 7.57. The molecule has 0 aliphatic carbocycles. The second-order valence-corrected chi connectivity index (χ2v) is 14.5. The standard InChI is InChI=1S/C16H14ClF3N2O4.C8H14ClN5.C5H12NO4P/c1-8(2)26-14(24)10-6-9(4-5-11(10)17)22-13(23)7-12(16(18,19)20)21(3)15(22)25;1-4-10-7-12-6(9)13-8(14-7)11-5(2)3;1-11(9,10)3-2-4(6)5(7)8/h4-8H,1-3H3;5H,4H2,1-3H3,(H2,10,11,12,13,14);4H,2-3,6H2,1H3,(H,7,8)(H,9,10). The molecule has 22 heteroatoms. The molecule has 0 saturated carbocycles. The lowest BCUT2D eigenvalue weighted by atomic mass is 10.2. The maximum Gasteiger partial charge on any atom is 0.431 e. The van der Waals surface area contributed by atoms with Gasteiger partial charge in [-0.15, -0.1) is 0 Å². The van der Waals surface area contributed by atoms with Gasteiger partial charge in [-0.2, -0.15) is 28.1 Å². The van der Waals surface area contributed by atoms with Crippen LogP contribution < -0.4 is 27.6 Å². The first-order valence-corrected chi connectivity index (χ1v) is 18.0. The zero-order valence-electron chi connectivity index (χ0n) is 28.7. The van der Waals surface area contributed by atoms with Crippen molar-refractivity contribution in [2.75, 3.05) is 30.0 Å². The molecule has 2 unspecified atom stereocenters. The number of esters is 1. The highest BCUT2D eigenvalue weighted by Crippen LogP contribution is 2.35. The molecule has 6 N–H and O–H groups in total. The van der Waals surface area contributed by atoms with Gasteiger partial charge in [-0.05, 0) is 70.8 Å². The topological polar surface area (TPSA) is 234 Å². The van der Waals surface area contributed by atoms with E-state index in [-0.39, 0.29) is 40.2 Å². The van der Waals surface area contributed by atoms with Crippen LogP contribution in [0.2, 0.25) is 10.3 Å². The lowest BCUT2D eigenvalue weighted by molar-refractivity contribution is -0.144. The van der Waals surface area contributed by atoms with Gasteiger partial charge >= 0.3 is 23.8 Å². The van der Waals surface area contributed by atoms with Crippen molar-refractivity contribution >= 4 is 54.4 Å². The summed E-state index contributed by atoms with van der Waals surface area (Å²) in [7, 11) is -2.21. The van der Waals surface area contributed by atoms with Crippen LogP contribution in [0.3, 0.4) is 0 Å². The number of anilines is 2. The number of alkyl halides is 3. The Balaban J connectivity index is 0.000000436. The van der Waals surface area contributed by atoms with Crippen LogP contribution in [-0.2, 0) is 27.3 Å². The maximum absolute atomic E-state index is 12.9. The number of hydrogen-bond donors (Lipinski definition) is 5. The Morgan fingerprint density at radius 3 is 2.16 bits per heavy atom. The Morgan fingerprint density at radius 1 is 1.08 bits per heavy atom. The minimum Gasteiger partial charge on any atom is -0.480 e. The fraction of sp³-hybridized carbons (Fsp3) is 0.483. The van der Waals surface area contributed by atoms with Gasteiger partial charge in [0.2, 0.25) is 17.2 Å². The molecule has 0 saturated heterocycles. The number of ether oxygens (including phenoxy) is 1. The number of carbonyl (C=O) groups is 2. The zero-order valence-corrected chi connectivity index (χ0v) is 31.1. The van der Waals surface area contributed by atoms with Gasteiger partial charge in [-0.1, -0.05) is 11.6 Å². The number of carbonyl (C=O) groups excluding carboxylic acids is 1. The monoisotopic (exact) mass is 786 g/mol. The largest absolute Gasteiger partial charge is 0.480 e. The van der Waals surface area contributed by atoms with Crippen molar-refractivity contribution < 1.29 is 42.1 Å². The van der Waals surface area contributed by atoms with Gasteiger partial charge in [-0.25, -0.2) is 14.2 Å².